The zero-order chi connectivity index (χ0) is 9.14. The van der Waals surface area contributed by atoms with E-state index in [4.69, 9.17) is 5.73 Å². The molecule has 0 atom stereocenters. The molecule has 0 saturated heterocycles. The highest BCUT2D eigenvalue weighted by molar-refractivity contribution is 5.88. The molecule has 0 fully saturated rings. The Morgan fingerprint density at radius 3 is 2.83 bits per heavy atom. The van der Waals surface area contributed by atoms with Crippen molar-refractivity contribution in [2.45, 2.75) is 20.3 Å². The number of aromatic nitrogens is 2. The second-order valence-electron chi connectivity index (χ2n) is 3.22. The van der Waals surface area contributed by atoms with Crippen molar-refractivity contribution >= 4 is 5.91 Å². The number of carbonyl (C=O) groups excluding carboxylic acids is 1. The predicted octanol–water partition coefficient (Wildman–Crippen LogP) is 0.707. The smallest absolute Gasteiger partial charge is 0.284 e. The molecule has 0 aliphatic rings. The maximum absolute atomic E-state index is 10.6. The van der Waals surface area contributed by atoms with Gasteiger partial charge in [-0.15, -0.1) is 0 Å². The van der Waals surface area contributed by atoms with Crippen LogP contribution in [-0.4, -0.2) is 15.9 Å². The van der Waals surface area contributed by atoms with Gasteiger partial charge in [0.15, 0.2) is 5.82 Å². The molecule has 66 valence electrons. The molecule has 0 saturated carbocycles. The molecule has 4 heteroatoms. The number of nitrogens with two attached hydrogens (primary N) is 1. The fraction of sp³-hybridized carbons (Fsp3) is 0.500. The lowest BCUT2D eigenvalue weighted by Gasteiger charge is -1.99. The topological polar surface area (TPSA) is 71.8 Å². The Bertz CT molecular complexity index is 278. The van der Waals surface area contributed by atoms with Crippen molar-refractivity contribution in [2.75, 3.05) is 0 Å². The van der Waals surface area contributed by atoms with Crippen LogP contribution >= 0.6 is 0 Å². The van der Waals surface area contributed by atoms with Gasteiger partial charge in [-0.1, -0.05) is 13.8 Å². The lowest BCUT2D eigenvalue weighted by molar-refractivity contribution is 0.0991. The predicted molar refractivity (Wildman–Crippen MR) is 45.6 cm³/mol. The van der Waals surface area contributed by atoms with Crippen molar-refractivity contribution < 1.29 is 4.79 Å². The van der Waals surface area contributed by atoms with Crippen molar-refractivity contribution in [3.63, 3.8) is 0 Å². The van der Waals surface area contributed by atoms with Crippen LogP contribution in [0.4, 0.5) is 0 Å². The van der Waals surface area contributed by atoms with Crippen LogP contribution < -0.4 is 5.73 Å². The summed E-state index contributed by atoms with van der Waals surface area (Å²) in [5.74, 6) is 0.279. The molecule has 1 amide bonds. The van der Waals surface area contributed by atoms with Gasteiger partial charge in [0, 0.05) is 11.9 Å². The van der Waals surface area contributed by atoms with Crippen LogP contribution in [0.15, 0.2) is 6.20 Å². The van der Waals surface area contributed by atoms with Crippen molar-refractivity contribution in [1.82, 2.24) is 9.97 Å². The van der Waals surface area contributed by atoms with Gasteiger partial charge in [0.25, 0.3) is 5.91 Å². The van der Waals surface area contributed by atoms with Gasteiger partial charge in [-0.25, -0.2) is 4.98 Å². The first-order chi connectivity index (χ1) is 5.59. The van der Waals surface area contributed by atoms with Gasteiger partial charge in [-0.3, -0.25) is 4.79 Å². The number of hydrogen-bond donors (Lipinski definition) is 2. The van der Waals surface area contributed by atoms with E-state index in [0.29, 0.717) is 5.92 Å². The number of nitrogens with one attached hydrogen (secondary N) is 1. The Balaban J connectivity index is 2.71. The SMILES string of the molecule is CC(C)Cc1cnc(C(N)=O)[nH]1. The van der Waals surface area contributed by atoms with Gasteiger partial charge in [0.2, 0.25) is 0 Å². The van der Waals surface area contributed by atoms with Crippen molar-refractivity contribution in [2.24, 2.45) is 11.7 Å². The third-order valence-electron chi connectivity index (χ3n) is 1.49. The number of H-pyrrole nitrogens is 1. The van der Waals surface area contributed by atoms with E-state index in [0.717, 1.165) is 12.1 Å². The largest absolute Gasteiger partial charge is 0.363 e. The van der Waals surface area contributed by atoms with Crippen LogP contribution in [0.2, 0.25) is 0 Å². The van der Waals surface area contributed by atoms with E-state index in [1.165, 1.54) is 0 Å². The van der Waals surface area contributed by atoms with Gasteiger partial charge in [-0.05, 0) is 12.3 Å². The number of amides is 1. The molecule has 1 aromatic heterocycles. The molecule has 12 heavy (non-hydrogen) atoms. The van der Waals surface area contributed by atoms with Gasteiger partial charge in [0.05, 0.1) is 0 Å². The van der Waals surface area contributed by atoms with E-state index in [9.17, 15) is 4.79 Å². The van der Waals surface area contributed by atoms with Gasteiger partial charge < -0.3 is 10.7 Å². The third-order valence-corrected chi connectivity index (χ3v) is 1.49. The number of hydrogen-bond acceptors (Lipinski definition) is 2. The van der Waals surface area contributed by atoms with Crippen LogP contribution in [0.5, 0.6) is 0 Å². The molecular weight excluding hydrogens is 154 g/mol. The highest BCUT2D eigenvalue weighted by Gasteiger charge is 2.06. The summed E-state index contributed by atoms with van der Waals surface area (Å²) < 4.78 is 0. The number of primary amides is 1. The second kappa shape index (κ2) is 3.38. The average molecular weight is 167 g/mol. The fourth-order valence-electron chi connectivity index (χ4n) is 1.03. The Morgan fingerprint density at radius 1 is 1.75 bits per heavy atom. The Kier molecular flexibility index (Phi) is 2.47. The fourth-order valence-corrected chi connectivity index (χ4v) is 1.03. The Morgan fingerprint density at radius 2 is 2.42 bits per heavy atom. The first-order valence-corrected chi connectivity index (χ1v) is 3.93. The van der Waals surface area contributed by atoms with E-state index >= 15 is 0 Å². The first-order valence-electron chi connectivity index (χ1n) is 3.93. The van der Waals surface area contributed by atoms with Gasteiger partial charge >= 0.3 is 0 Å². The number of nitrogens with zero attached hydrogens (tertiary/aromatic N) is 1. The van der Waals surface area contributed by atoms with Crippen LogP contribution in [0.25, 0.3) is 0 Å². The Labute approximate surface area is 71.2 Å². The van der Waals surface area contributed by atoms with Crippen molar-refractivity contribution in [1.29, 1.82) is 0 Å². The van der Waals surface area contributed by atoms with Crippen molar-refractivity contribution in [3.05, 3.63) is 17.7 Å². The van der Waals surface area contributed by atoms with E-state index < -0.39 is 5.91 Å². The summed E-state index contributed by atoms with van der Waals surface area (Å²) >= 11 is 0. The highest BCUT2D eigenvalue weighted by Crippen LogP contribution is 2.04. The van der Waals surface area contributed by atoms with Crippen molar-refractivity contribution in [3.8, 4) is 0 Å². The number of imidazole rings is 1. The summed E-state index contributed by atoms with van der Waals surface area (Å²) in [6.45, 7) is 4.20. The van der Waals surface area contributed by atoms with E-state index in [1.54, 1.807) is 6.20 Å². The molecule has 0 bridgehead atoms. The minimum atomic E-state index is -0.509. The molecule has 3 N–H and O–H groups in total. The molecule has 0 aliphatic carbocycles. The highest BCUT2D eigenvalue weighted by atomic mass is 16.1. The van der Waals surface area contributed by atoms with E-state index in [1.807, 2.05) is 0 Å². The quantitative estimate of drug-likeness (QED) is 0.695. The van der Waals surface area contributed by atoms with Crippen LogP contribution in [0.3, 0.4) is 0 Å². The molecule has 0 aromatic carbocycles. The minimum Gasteiger partial charge on any atom is -0.363 e. The second-order valence-corrected chi connectivity index (χ2v) is 3.22. The summed E-state index contributed by atoms with van der Waals surface area (Å²) in [5, 5.41) is 0. The van der Waals surface area contributed by atoms with Crippen LogP contribution in [0, 0.1) is 5.92 Å². The van der Waals surface area contributed by atoms with Gasteiger partial charge in [-0.2, -0.15) is 0 Å². The zero-order valence-corrected chi connectivity index (χ0v) is 7.29. The molecule has 0 radical (unpaired) electrons. The van der Waals surface area contributed by atoms with Crippen LogP contribution in [0.1, 0.15) is 30.2 Å². The monoisotopic (exact) mass is 167 g/mol. The lowest BCUT2D eigenvalue weighted by atomic mass is 10.1. The molecule has 0 spiro atoms. The normalized spacial score (nSPS) is 10.6. The molecule has 4 nitrogen and oxygen atoms in total. The van der Waals surface area contributed by atoms with E-state index in [-0.39, 0.29) is 5.82 Å². The standard InChI is InChI=1S/C8H13N3O/c1-5(2)3-6-4-10-8(11-6)7(9)12/h4-5H,3H2,1-2H3,(H2,9,12)(H,10,11). The lowest BCUT2D eigenvalue weighted by Crippen LogP contribution is -2.12. The first kappa shape index (κ1) is 8.77. The van der Waals surface area contributed by atoms with E-state index in [2.05, 4.69) is 23.8 Å². The maximum Gasteiger partial charge on any atom is 0.284 e. The molecule has 0 aliphatic heterocycles. The third kappa shape index (κ3) is 2.08. The average Bonchev–Trinajstić information content (AvgIpc) is 2.34. The molecule has 0 unspecified atom stereocenters. The summed E-state index contributed by atoms with van der Waals surface area (Å²) in [4.78, 5) is 17.3. The summed E-state index contributed by atoms with van der Waals surface area (Å²) in [6.07, 6.45) is 2.54. The minimum absolute atomic E-state index is 0.241. The number of rotatable bonds is 3. The maximum atomic E-state index is 10.6. The molecule has 1 aromatic rings. The molecule has 1 rings (SSSR count). The zero-order valence-electron chi connectivity index (χ0n) is 7.29. The molecular formula is C8H13N3O. The van der Waals surface area contributed by atoms with Gasteiger partial charge in [0.1, 0.15) is 0 Å². The summed E-state index contributed by atoms with van der Waals surface area (Å²) in [5.41, 5.74) is 5.98. The Hall–Kier alpha value is -1.32. The summed E-state index contributed by atoms with van der Waals surface area (Å²) in [7, 11) is 0. The molecule has 1 heterocycles. The summed E-state index contributed by atoms with van der Waals surface area (Å²) in [6, 6.07) is 0. The number of carbonyl (C=O) groups is 1. The number of aromatic amines is 1. The van der Waals surface area contributed by atoms with Crippen LogP contribution in [-0.2, 0) is 6.42 Å².